The molecule has 174 valence electrons. The highest BCUT2D eigenvalue weighted by Crippen LogP contribution is 2.29. The maximum Gasteiger partial charge on any atom is 0.269 e. The highest BCUT2D eigenvalue weighted by Gasteiger charge is 2.36. The van der Waals surface area contributed by atoms with Crippen molar-refractivity contribution >= 4 is 38.7 Å². The van der Waals surface area contributed by atoms with Gasteiger partial charge in [-0.05, 0) is 48.5 Å². The van der Waals surface area contributed by atoms with E-state index < -0.39 is 32.4 Å². The van der Waals surface area contributed by atoms with Crippen molar-refractivity contribution in [3.05, 3.63) is 88.7 Å². The van der Waals surface area contributed by atoms with E-state index in [4.69, 9.17) is 0 Å². The van der Waals surface area contributed by atoms with Gasteiger partial charge in [-0.3, -0.25) is 19.7 Å². The summed E-state index contributed by atoms with van der Waals surface area (Å²) in [7, 11) is -3.91. The van der Waals surface area contributed by atoms with Gasteiger partial charge in [0.15, 0.2) is 0 Å². The fourth-order valence-corrected chi connectivity index (χ4v) is 4.89. The van der Waals surface area contributed by atoms with Gasteiger partial charge in [0.25, 0.3) is 5.69 Å². The van der Waals surface area contributed by atoms with Gasteiger partial charge in [-0.15, -0.1) is 0 Å². The lowest BCUT2D eigenvalue weighted by Gasteiger charge is -2.17. The van der Waals surface area contributed by atoms with Crippen LogP contribution in [0.5, 0.6) is 0 Å². The van der Waals surface area contributed by atoms with Crippen LogP contribution in [0.2, 0.25) is 0 Å². The number of hydrogen-bond acceptors (Lipinski definition) is 6. The molecule has 0 spiro atoms. The predicted octanol–water partition coefficient (Wildman–Crippen LogP) is 3.56. The summed E-state index contributed by atoms with van der Waals surface area (Å²) in [5, 5.41) is 13.4. The summed E-state index contributed by atoms with van der Waals surface area (Å²) in [6, 6.07) is 15.8. The number of para-hydroxylation sites is 1. The van der Waals surface area contributed by atoms with E-state index in [0.29, 0.717) is 5.69 Å². The lowest BCUT2D eigenvalue weighted by molar-refractivity contribution is -0.384. The number of nitro benzene ring substituents is 1. The van der Waals surface area contributed by atoms with Crippen molar-refractivity contribution in [1.82, 2.24) is 0 Å². The molecule has 1 N–H and O–H groups in total. The highest BCUT2D eigenvalue weighted by atomic mass is 32.2. The average Bonchev–Trinajstić information content (AvgIpc) is 3.21. The van der Waals surface area contributed by atoms with Gasteiger partial charge in [0.2, 0.25) is 21.7 Å². The van der Waals surface area contributed by atoms with E-state index in [2.05, 4.69) is 5.32 Å². The number of sulfone groups is 1. The van der Waals surface area contributed by atoms with Crippen LogP contribution in [0.4, 0.5) is 21.5 Å². The minimum absolute atomic E-state index is 0.0260. The number of nitrogens with zero attached hydrogens (tertiary/aromatic N) is 2. The Kier molecular flexibility index (Phi) is 6.12. The van der Waals surface area contributed by atoms with Gasteiger partial charge in [-0.2, -0.15) is 0 Å². The van der Waals surface area contributed by atoms with Crippen molar-refractivity contribution in [2.24, 2.45) is 5.92 Å². The van der Waals surface area contributed by atoms with E-state index in [1.807, 2.05) is 0 Å². The first-order valence-electron chi connectivity index (χ1n) is 10.1. The lowest BCUT2D eigenvalue weighted by Crippen LogP contribution is -2.28. The number of carbonyl (C=O) groups is 2. The number of halogens is 1. The number of nitro groups is 1. The van der Waals surface area contributed by atoms with Crippen LogP contribution in [0.1, 0.15) is 6.42 Å². The number of non-ortho nitro benzene ring substituents is 1. The number of anilines is 2. The van der Waals surface area contributed by atoms with Crippen LogP contribution < -0.4 is 10.2 Å². The zero-order chi connectivity index (χ0) is 24.5. The van der Waals surface area contributed by atoms with Crippen molar-refractivity contribution < 1.29 is 27.3 Å². The monoisotopic (exact) mass is 483 g/mol. The van der Waals surface area contributed by atoms with Crippen molar-refractivity contribution in [3.63, 3.8) is 0 Å². The maximum atomic E-state index is 14.0. The molecule has 34 heavy (non-hydrogen) atoms. The molecule has 1 fully saturated rings. The van der Waals surface area contributed by atoms with Crippen LogP contribution in [-0.2, 0) is 19.4 Å². The van der Waals surface area contributed by atoms with Gasteiger partial charge in [0.1, 0.15) is 5.82 Å². The molecule has 0 bridgehead atoms. The molecule has 4 rings (SSSR count). The molecule has 0 saturated carbocycles. The Morgan fingerprint density at radius 1 is 1.00 bits per heavy atom. The topological polar surface area (TPSA) is 127 Å². The third-order valence-corrected chi connectivity index (χ3v) is 7.21. The first kappa shape index (κ1) is 23.1. The molecular formula is C23H18FN3O6S. The fraction of sp³-hybridized carbons (Fsp3) is 0.130. The first-order valence-corrected chi connectivity index (χ1v) is 11.6. The smallest absolute Gasteiger partial charge is 0.269 e. The molecule has 1 aliphatic rings. The van der Waals surface area contributed by atoms with Gasteiger partial charge in [0, 0.05) is 30.8 Å². The zero-order valence-electron chi connectivity index (χ0n) is 17.5. The molecule has 3 aromatic rings. The minimum atomic E-state index is -3.91. The van der Waals surface area contributed by atoms with Gasteiger partial charge in [0.05, 0.1) is 26.3 Å². The second-order valence-electron chi connectivity index (χ2n) is 7.62. The van der Waals surface area contributed by atoms with Crippen molar-refractivity contribution in [2.75, 3.05) is 16.8 Å². The Hall–Kier alpha value is -4.12. The zero-order valence-corrected chi connectivity index (χ0v) is 18.4. The molecule has 1 aliphatic heterocycles. The Bertz CT molecular complexity index is 1370. The van der Waals surface area contributed by atoms with Gasteiger partial charge < -0.3 is 10.2 Å². The Morgan fingerprint density at radius 3 is 2.18 bits per heavy atom. The van der Waals surface area contributed by atoms with E-state index in [1.54, 1.807) is 6.07 Å². The standard InChI is InChI=1S/C23H18FN3O6S/c24-20-3-1-2-4-21(20)26-14-15(13-22(26)28)23(29)25-16-5-9-18(10-6-16)34(32,33)19-11-7-17(8-12-19)27(30)31/h1-12,15H,13-14H2,(H,25,29)/t15-/m1/s1. The van der Waals surface area contributed by atoms with E-state index in [0.717, 1.165) is 24.3 Å². The molecule has 2 amide bonds. The van der Waals surface area contributed by atoms with Crippen molar-refractivity contribution in [2.45, 2.75) is 16.2 Å². The van der Waals surface area contributed by atoms with Crippen molar-refractivity contribution in [3.8, 4) is 0 Å². The van der Waals surface area contributed by atoms with Crippen LogP contribution in [-0.4, -0.2) is 31.7 Å². The number of hydrogen-bond donors (Lipinski definition) is 1. The summed E-state index contributed by atoms with van der Waals surface area (Å²) in [5.41, 5.74) is 0.212. The number of nitrogens with one attached hydrogen (secondary N) is 1. The van der Waals surface area contributed by atoms with Crippen LogP contribution in [0, 0.1) is 21.8 Å². The molecule has 3 aromatic carbocycles. The summed E-state index contributed by atoms with van der Waals surface area (Å²) in [4.78, 5) is 36.2. The summed E-state index contributed by atoms with van der Waals surface area (Å²) in [6.07, 6.45) is -0.0766. The molecule has 0 aliphatic carbocycles. The van der Waals surface area contributed by atoms with E-state index in [9.17, 15) is 32.5 Å². The summed E-state index contributed by atoms with van der Waals surface area (Å²) in [6.45, 7) is 0.0260. The molecule has 11 heteroatoms. The van der Waals surface area contributed by atoms with Gasteiger partial charge >= 0.3 is 0 Å². The molecule has 9 nitrogen and oxygen atoms in total. The van der Waals surface area contributed by atoms with E-state index in [1.165, 1.54) is 47.4 Å². The Labute approximate surface area is 193 Å². The second kappa shape index (κ2) is 9.02. The average molecular weight is 483 g/mol. The normalized spacial score (nSPS) is 15.9. The maximum absolute atomic E-state index is 14.0. The van der Waals surface area contributed by atoms with Crippen LogP contribution in [0.15, 0.2) is 82.6 Å². The summed E-state index contributed by atoms with van der Waals surface area (Å²) >= 11 is 0. The quantitative estimate of drug-likeness (QED) is 0.422. The van der Waals surface area contributed by atoms with Gasteiger partial charge in [-0.1, -0.05) is 12.1 Å². The first-order chi connectivity index (χ1) is 16.2. The molecule has 0 radical (unpaired) electrons. The molecule has 0 aromatic heterocycles. The van der Waals surface area contributed by atoms with Gasteiger partial charge in [-0.25, -0.2) is 12.8 Å². The highest BCUT2D eigenvalue weighted by molar-refractivity contribution is 7.91. The van der Waals surface area contributed by atoms with E-state index in [-0.39, 0.29) is 40.0 Å². The lowest BCUT2D eigenvalue weighted by atomic mass is 10.1. The van der Waals surface area contributed by atoms with Crippen LogP contribution in [0.3, 0.4) is 0 Å². The SMILES string of the molecule is O=C(Nc1ccc(S(=O)(=O)c2ccc([N+](=O)[O-])cc2)cc1)[C@@H]1CC(=O)N(c2ccccc2F)C1. The van der Waals surface area contributed by atoms with E-state index >= 15 is 0 Å². The fourth-order valence-electron chi connectivity index (χ4n) is 3.63. The molecule has 0 unspecified atom stereocenters. The van der Waals surface area contributed by atoms with Crippen LogP contribution >= 0.6 is 0 Å². The Balaban J connectivity index is 1.44. The third-order valence-electron chi connectivity index (χ3n) is 5.43. The number of amides is 2. The Morgan fingerprint density at radius 2 is 1.59 bits per heavy atom. The van der Waals surface area contributed by atoms with Crippen LogP contribution in [0.25, 0.3) is 0 Å². The third kappa shape index (κ3) is 4.50. The molecule has 1 atom stereocenters. The number of carbonyl (C=O) groups excluding carboxylic acids is 2. The van der Waals surface area contributed by atoms with Crippen molar-refractivity contribution in [1.29, 1.82) is 0 Å². The molecule has 1 saturated heterocycles. The summed E-state index contributed by atoms with van der Waals surface area (Å²) in [5.74, 6) is -2.06. The molecular weight excluding hydrogens is 465 g/mol. The molecule has 1 heterocycles. The summed E-state index contributed by atoms with van der Waals surface area (Å²) < 4.78 is 39.6. The minimum Gasteiger partial charge on any atom is -0.326 e. The predicted molar refractivity (Wildman–Crippen MR) is 120 cm³/mol. The number of rotatable bonds is 6. The second-order valence-corrected chi connectivity index (χ2v) is 9.57. The number of benzene rings is 3. The largest absolute Gasteiger partial charge is 0.326 e.